The fraction of sp³-hybridized carbons (Fsp3) is 0.269. The molecule has 0 bridgehead atoms. The molecule has 1 atom stereocenters. The van der Waals surface area contributed by atoms with E-state index >= 15 is 0 Å². The number of rotatable bonds is 9. The first-order chi connectivity index (χ1) is 17.2. The zero-order valence-corrected chi connectivity index (χ0v) is 20.5. The highest BCUT2D eigenvalue weighted by molar-refractivity contribution is 5.91. The predicted octanol–water partition coefficient (Wildman–Crippen LogP) is 4.02. The fourth-order valence-electron chi connectivity index (χ4n) is 3.47. The molecule has 10 nitrogen and oxygen atoms in total. The minimum absolute atomic E-state index is 0.147. The molecular weight excluding hydrogens is 466 g/mol. The Morgan fingerprint density at radius 2 is 1.75 bits per heavy atom. The lowest BCUT2D eigenvalue weighted by Gasteiger charge is -2.20. The van der Waals surface area contributed by atoms with Crippen LogP contribution in [0, 0.1) is 6.92 Å². The van der Waals surface area contributed by atoms with Gasteiger partial charge in [0.25, 0.3) is 5.56 Å². The van der Waals surface area contributed by atoms with E-state index in [-0.39, 0.29) is 24.5 Å². The minimum atomic E-state index is -0.777. The first kappa shape index (κ1) is 26.1. The summed E-state index contributed by atoms with van der Waals surface area (Å²) in [6.07, 6.45) is -0.147. The second-order valence-electron chi connectivity index (χ2n) is 7.89. The Hall–Kier alpha value is -4.47. The van der Waals surface area contributed by atoms with Gasteiger partial charge in [-0.2, -0.15) is 0 Å². The van der Waals surface area contributed by atoms with E-state index < -0.39 is 23.6 Å². The van der Waals surface area contributed by atoms with Crippen molar-refractivity contribution >= 4 is 17.7 Å². The van der Waals surface area contributed by atoms with Crippen molar-refractivity contribution in [2.75, 3.05) is 19.0 Å². The maximum Gasteiger partial charge on any atom is 0.319 e. The molecule has 1 heterocycles. The summed E-state index contributed by atoms with van der Waals surface area (Å²) in [5.74, 6) is 0.769. The van der Waals surface area contributed by atoms with Crippen molar-refractivity contribution in [3.05, 3.63) is 76.2 Å². The van der Waals surface area contributed by atoms with Gasteiger partial charge in [0.05, 0.1) is 26.2 Å². The number of aryl methyl sites for hydroxylation is 1. The van der Waals surface area contributed by atoms with Crippen LogP contribution in [0.15, 0.2) is 59.4 Å². The maximum atomic E-state index is 12.7. The molecule has 190 valence electrons. The van der Waals surface area contributed by atoms with Gasteiger partial charge in [-0.05, 0) is 43.7 Å². The van der Waals surface area contributed by atoms with Crippen LogP contribution < -0.4 is 25.7 Å². The molecule has 0 saturated heterocycles. The van der Waals surface area contributed by atoms with E-state index in [1.807, 2.05) is 12.1 Å². The summed E-state index contributed by atoms with van der Waals surface area (Å²) in [7, 11) is 3.08. The van der Waals surface area contributed by atoms with Crippen molar-refractivity contribution in [3.63, 3.8) is 0 Å². The van der Waals surface area contributed by atoms with Crippen molar-refractivity contribution < 1.29 is 28.9 Å². The second-order valence-corrected chi connectivity index (χ2v) is 7.89. The van der Waals surface area contributed by atoms with Gasteiger partial charge in [0.2, 0.25) is 0 Å². The molecule has 2 amide bonds. The van der Waals surface area contributed by atoms with Crippen LogP contribution in [0.5, 0.6) is 23.0 Å². The number of aromatic hydroxyl groups is 1. The molecule has 3 aromatic rings. The van der Waals surface area contributed by atoms with E-state index in [4.69, 9.17) is 14.2 Å². The zero-order chi connectivity index (χ0) is 26.2. The van der Waals surface area contributed by atoms with Gasteiger partial charge in [-0.15, -0.1) is 0 Å². The van der Waals surface area contributed by atoms with E-state index in [1.54, 1.807) is 57.4 Å². The fourth-order valence-corrected chi connectivity index (χ4v) is 3.47. The van der Waals surface area contributed by atoms with Crippen LogP contribution in [0.2, 0.25) is 0 Å². The molecule has 0 unspecified atom stereocenters. The Morgan fingerprint density at radius 3 is 2.39 bits per heavy atom. The predicted molar refractivity (Wildman–Crippen MR) is 134 cm³/mol. The standard InChI is InChI=1S/C26H29N3O7/c1-5-35-23(31)15-19(27-26(33)28-24-20(30)14-16(2)29(3)25(24)32)17-10-12-18(13-11-17)36-22-9-7-6-8-21(22)34-4/h6-14,19,30H,5,15H2,1-4H3,(H2,27,28,33)/t19-/m0/s1. The number of urea groups is 1. The average Bonchev–Trinajstić information content (AvgIpc) is 2.86. The Bertz CT molecular complexity index is 1290. The lowest BCUT2D eigenvalue weighted by molar-refractivity contribution is -0.143. The molecule has 0 spiro atoms. The SMILES string of the molecule is CCOC(=O)C[C@H](NC(=O)Nc1c(O)cc(C)n(C)c1=O)c1ccc(Oc2ccccc2OC)cc1. The van der Waals surface area contributed by atoms with Gasteiger partial charge in [0.1, 0.15) is 11.5 Å². The summed E-state index contributed by atoms with van der Waals surface area (Å²) in [5, 5.41) is 15.2. The molecule has 3 N–H and O–H groups in total. The van der Waals surface area contributed by atoms with E-state index in [1.165, 1.54) is 17.7 Å². The van der Waals surface area contributed by atoms with Gasteiger partial charge in [0, 0.05) is 18.8 Å². The number of carbonyl (C=O) groups excluding carboxylic acids is 2. The molecule has 0 aliphatic heterocycles. The summed E-state index contributed by atoms with van der Waals surface area (Å²) in [6, 6.07) is 13.8. The highest BCUT2D eigenvalue weighted by Gasteiger charge is 2.21. The number of nitrogens with one attached hydrogen (secondary N) is 2. The van der Waals surface area contributed by atoms with Gasteiger partial charge in [-0.1, -0.05) is 24.3 Å². The monoisotopic (exact) mass is 495 g/mol. The Kier molecular flexibility index (Phi) is 8.56. The zero-order valence-electron chi connectivity index (χ0n) is 20.5. The number of pyridine rings is 1. The van der Waals surface area contributed by atoms with Gasteiger partial charge >= 0.3 is 12.0 Å². The number of esters is 1. The summed E-state index contributed by atoms with van der Waals surface area (Å²) >= 11 is 0. The number of para-hydroxylation sites is 2. The van der Waals surface area contributed by atoms with Crippen molar-refractivity contribution in [1.82, 2.24) is 9.88 Å². The molecule has 36 heavy (non-hydrogen) atoms. The van der Waals surface area contributed by atoms with Crippen molar-refractivity contribution in [3.8, 4) is 23.0 Å². The molecular formula is C26H29N3O7. The van der Waals surface area contributed by atoms with Crippen LogP contribution >= 0.6 is 0 Å². The molecule has 1 aromatic heterocycles. The van der Waals surface area contributed by atoms with Gasteiger partial charge in [-0.3, -0.25) is 9.59 Å². The van der Waals surface area contributed by atoms with E-state index in [2.05, 4.69) is 10.6 Å². The molecule has 2 aromatic carbocycles. The van der Waals surface area contributed by atoms with Crippen LogP contribution in [-0.4, -0.2) is 35.4 Å². The smallest absolute Gasteiger partial charge is 0.319 e. The third-order valence-corrected chi connectivity index (χ3v) is 5.45. The van der Waals surface area contributed by atoms with Crippen LogP contribution in [0.3, 0.4) is 0 Å². The quantitative estimate of drug-likeness (QED) is 0.383. The lowest BCUT2D eigenvalue weighted by atomic mass is 10.0. The number of hydrogen-bond donors (Lipinski definition) is 3. The number of nitrogens with zero attached hydrogens (tertiary/aromatic N) is 1. The molecule has 0 aliphatic rings. The highest BCUT2D eigenvalue weighted by Crippen LogP contribution is 2.31. The van der Waals surface area contributed by atoms with Gasteiger partial charge in [-0.25, -0.2) is 4.79 Å². The number of anilines is 1. The average molecular weight is 496 g/mol. The van der Waals surface area contributed by atoms with Crippen LogP contribution in [0.25, 0.3) is 0 Å². The van der Waals surface area contributed by atoms with E-state index in [0.717, 1.165) is 0 Å². The Balaban J connectivity index is 1.80. The Labute approximate surface area is 208 Å². The van der Waals surface area contributed by atoms with Crippen molar-refractivity contribution in [1.29, 1.82) is 0 Å². The van der Waals surface area contributed by atoms with Gasteiger partial charge < -0.3 is 34.5 Å². The molecule has 0 radical (unpaired) electrons. The number of methoxy groups -OCH3 is 1. The molecule has 3 rings (SSSR count). The first-order valence-corrected chi connectivity index (χ1v) is 11.3. The first-order valence-electron chi connectivity index (χ1n) is 11.3. The van der Waals surface area contributed by atoms with Crippen molar-refractivity contribution in [2.45, 2.75) is 26.3 Å². The second kappa shape index (κ2) is 11.8. The number of hydrogen-bond acceptors (Lipinski definition) is 7. The summed E-state index contributed by atoms with van der Waals surface area (Å²) < 4.78 is 17.5. The number of benzene rings is 2. The number of ether oxygens (including phenoxy) is 3. The van der Waals surface area contributed by atoms with E-state index in [9.17, 15) is 19.5 Å². The topological polar surface area (TPSA) is 128 Å². The summed E-state index contributed by atoms with van der Waals surface area (Å²) in [4.78, 5) is 37.4. The summed E-state index contributed by atoms with van der Waals surface area (Å²) in [5.41, 5.74) is 0.296. The van der Waals surface area contributed by atoms with Crippen LogP contribution in [-0.2, 0) is 16.6 Å². The van der Waals surface area contributed by atoms with Gasteiger partial charge in [0.15, 0.2) is 17.2 Å². The van der Waals surface area contributed by atoms with Crippen molar-refractivity contribution in [2.24, 2.45) is 7.05 Å². The number of aromatic nitrogens is 1. The molecule has 0 aliphatic carbocycles. The number of amides is 2. The highest BCUT2D eigenvalue weighted by atomic mass is 16.5. The maximum absolute atomic E-state index is 12.7. The Morgan fingerprint density at radius 1 is 1.08 bits per heavy atom. The molecule has 0 fully saturated rings. The largest absolute Gasteiger partial charge is 0.505 e. The van der Waals surface area contributed by atoms with Crippen LogP contribution in [0.4, 0.5) is 10.5 Å². The third kappa shape index (κ3) is 6.35. The van der Waals surface area contributed by atoms with E-state index in [0.29, 0.717) is 28.5 Å². The number of carbonyl (C=O) groups is 2. The summed E-state index contributed by atoms with van der Waals surface area (Å²) in [6.45, 7) is 3.53. The molecule has 0 saturated carbocycles. The third-order valence-electron chi connectivity index (χ3n) is 5.45. The van der Waals surface area contributed by atoms with Crippen LogP contribution in [0.1, 0.15) is 30.6 Å². The minimum Gasteiger partial charge on any atom is -0.505 e. The lowest BCUT2D eigenvalue weighted by Crippen LogP contribution is -2.36. The normalized spacial score (nSPS) is 11.3. The molecule has 10 heteroatoms.